The minimum absolute atomic E-state index is 0.114. The summed E-state index contributed by atoms with van der Waals surface area (Å²) in [5, 5.41) is 12.5. The van der Waals surface area contributed by atoms with Crippen molar-refractivity contribution in [3.63, 3.8) is 0 Å². The van der Waals surface area contributed by atoms with Crippen LogP contribution in [0.25, 0.3) is 0 Å². The van der Waals surface area contributed by atoms with Crippen molar-refractivity contribution in [2.75, 3.05) is 13.1 Å². The predicted octanol–water partition coefficient (Wildman–Crippen LogP) is 1.23. The van der Waals surface area contributed by atoms with Gasteiger partial charge in [0.05, 0.1) is 5.92 Å². The lowest BCUT2D eigenvalue weighted by Crippen LogP contribution is -2.39. The Bertz CT molecular complexity index is 340. The Morgan fingerprint density at radius 1 is 1.32 bits per heavy atom. The molecule has 2 fully saturated rings. The van der Waals surface area contributed by atoms with E-state index in [9.17, 15) is 9.59 Å². The highest BCUT2D eigenvalue weighted by Gasteiger charge is 2.37. The molecule has 5 nitrogen and oxygen atoms in total. The van der Waals surface area contributed by atoms with Crippen molar-refractivity contribution < 1.29 is 14.7 Å². The number of hydrogen-bond acceptors (Lipinski definition) is 3. The van der Waals surface area contributed by atoms with Gasteiger partial charge in [0, 0.05) is 25.0 Å². The number of hydrogen-bond donors (Lipinski definition) is 2. The Kier molecular flexibility index (Phi) is 4.80. The highest BCUT2D eigenvalue weighted by Crippen LogP contribution is 2.25. The lowest BCUT2D eigenvalue weighted by molar-refractivity contribution is -0.143. The molecule has 2 aliphatic rings. The van der Waals surface area contributed by atoms with E-state index >= 15 is 0 Å². The fourth-order valence-corrected chi connectivity index (χ4v) is 3.23. The van der Waals surface area contributed by atoms with Gasteiger partial charge >= 0.3 is 5.97 Å². The molecule has 0 aromatic carbocycles. The first-order valence-corrected chi connectivity index (χ1v) is 7.35. The summed E-state index contributed by atoms with van der Waals surface area (Å²) in [5.41, 5.74) is 0. The number of carbonyl (C=O) groups is 2. The minimum atomic E-state index is -0.781. The highest BCUT2D eigenvalue weighted by molar-refractivity contribution is 5.79. The molecule has 19 heavy (non-hydrogen) atoms. The minimum Gasteiger partial charge on any atom is -0.481 e. The number of likely N-dealkylation sites (tertiary alicyclic amines) is 1. The van der Waals surface area contributed by atoms with Gasteiger partial charge in [0.25, 0.3) is 0 Å². The van der Waals surface area contributed by atoms with Gasteiger partial charge in [-0.25, -0.2) is 0 Å². The van der Waals surface area contributed by atoms with Crippen molar-refractivity contribution in [2.45, 2.75) is 57.5 Å². The predicted molar refractivity (Wildman–Crippen MR) is 71.8 cm³/mol. The second-order valence-electron chi connectivity index (χ2n) is 5.75. The molecule has 0 aliphatic carbocycles. The topological polar surface area (TPSA) is 69.6 Å². The van der Waals surface area contributed by atoms with Gasteiger partial charge in [0.1, 0.15) is 0 Å². The Labute approximate surface area is 114 Å². The van der Waals surface area contributed by atoms with Crippen LogP contribution in [0.3, 0.4) is 0 Å². The summed E-state index contributed by atoms with van der Waals surface area (Å²) in [6.07, 6.45) is 5.62. The van der Waals surface area contributed by atoms with E-state index in [4.69, 9.17) is 5.11 Å². The molecule has 108 valence electrons. The molecule has 2 N–H and O–H groups in total. The molecule has 0 aromatic heterocycles. The average molecular weight is 268 g/mol. The molecule has 2 heterocycles. The van der Waals surface area contributed by atoms with Crippen LogP contribution in [0.2, 0.25) is 0 Å². The monoisotopic (exact) mass is 268 g/mol. The van der Waals surface area contributed by atoms with Crippen molar-refractivity contribution in [1.29, 1.82) is 0 Å². The van der Waals surface area contributed by atoms with Gasteiger partial charge in [-0.1, -0.05) is 6.42 Å². The second-order valence-corrected chi connectivity index (χ2v) is 5.75. The van der Waals surface area contributed by atoms with E-state index < -0.39 is 11.9 Å². The third kappa shape index (κ3) is 3.47. The Morgan fingerprint density at radius 2 is 2.11 bits per heavy atom. The summed E-state index contributed by atoms with van der Waals surface area (Å²) in [6.45, 7) is 3.50. The van der Waals surface area contributed by atoms with E-state index in [2.05, 4.69) is 5.32 Å². The van der Waals surface area contributed by atoms with E-state index in [0.29, 0.717) is 25.4 Å². The van der Waals surface area contributed by atoms with E-state index in [-0.39, 0.29) is 11.9 Å². The van der Waals surface area contributed by atoms with E-state index in [1.807, 2.05) is 6.92 Å². The van der Waals surface area contributed by atoms with Gasteiger partial charge in [-0.3, -0.25) is 9.59 Å². The number of carboxylic acid groups (broad SMARTS) is 1. The number of aliphatic carboxylic acids is 1. The Balaban J connectivity index is 1.78. The summed E-state index contributed by atoms with van der Waals surface area (Å²) in [6, 6.07) is 0.301. The van der Waals surface area contributed by atoms with Crippen LogP contribution >= 0.6 is 0 Å². The number of carbonyl (C=O) groups excluding carboxylic acids is 1. The first kappa shape index (κ1) is 14.3. The molecule has 2 rings (SSSR count). The van der Waals surface area contributed by atoms with Crippen LogP contribution < -0.4 is 5.32 Å². The third-order valence-corrected chi connectivity index (χ3v) is 4.51. The van der Waals surface area contributed by atoms with E-state index in [1.54, 1.807) is 4.90 Å². The quantitative estimate of drug-likeness (QED) is 0.804. The molecule has 2 aliphatic heterocycles. The third-order valence-electron chi connectivity index (χ3n) is 4.51. The number of amides is 1. The fraction of sp³-hybridized carbons (Fsp3) is 0.857. The lowest BCUT2D eigenvalue weighted by atomic mass is 10.00. The van der Waals surface area contributed by atoms with Crippen LogP contribution in [0.15, 0.2) is 0 Å². The Morgan fingerprint density at radius 3 is 2.68 bits per heavy atom. The van der Waals surface area contributed by atoms with Crippen LogP contribution in [0, 0.1) is 5.92 Å². The summed E-state index contributed by atoms with van der Waals surface area (Å²) < 4.78 is 0. The van der Waals surface area contributed by atoms with Gasteiger partial charge in [0.2, 0.25) is 5.91 Å². The number of carboxylic acids is 1. The van der Waals surface area contributed by atoms with Crippen molar-refractivity contribution in [3.8, 4) is 0 Å². The van der Waals surface area contributed by atoms with Gasteiger partial charge in [-0.2, -0.15) is 0 Å². The van der Waals surface area contributed by atoms with Crippen molar-refractivity contribution in [2.24, 2.45) is 5.92 Å². The van der Waals surface area contributed by atoms with Crippen molar-refractivity contribution >= 4 is 11.9 Å². The van der Waals surface area contributed by atoms with Gasteiger partial charge in [0.15, 0.2) is 0 Å². The normalized spacial score (nSPS) is 31.4. The van der Waals surface area contributed by atoms with Crippen molar-refractivity contribution in [3.05, 3.63) is 0 Å². The van der Waals surface area contributed by atoms with E-state index in [1.165, 1.54) is 12.8 Å². The van der Waals surface area contributed by atoms with Gasteiger partial charge < -0.3 is 15.3 Å². The van der Waals surface area contributed by atoms with Gasteiger partial charge in [-0.05, 0) is 39.2 Å². The second kappa shape index (κ2) is 6.37. The lowest BCUT2D eigenvalue weighted by Gasteiger charge is -2.26. The summed E-state index contributed by atoms with van der Waals surface area (Å²) in [4.78, 5) is 25.0. The number of nitrogens with zero attached hydrogens (tertiary/aromatic N) is 1. The highest BCUT2D eigenvalue weighted by atomic mass is 16.4. The van der Waals surface area contributed by atoms with Crippen LogP contribution in [-0.4, -0.2) is 47.1 Å². The Hall–Kier alpha value is -1.10. The molecule has 1 amide bonds. The molecule has 0 bridgehead atoms. The van der Waals surface area contributed by atoms with Crippen LogP contribution in [0.4, 0.5) is 0 Å². The van der Waals surface area contributed by atoms with Crippen LogP contribution in [0.5, 0.6) is 0 Å². The SMILES string of the molecule is CC1C(C(=O)O)CCN1C(=O)CCC1CCCCN1. The molecule has 3 atom stereocenters. The molecule has 0 aromatic rings. The maximum absolute atomic E-state index is 12.2. The maximum Gasteiger partial charge on any atom is 0.308 e. The van der Waals surface area contributed by atoms with E-state index in [0.717, 1.165) is 19.4 Å². The summed E-state index contributed by atoms with van der Waals surface area (Å²) in [7, 11) is 0. The van der Waals surface area contributed by atoms with Crippen LogP contribution in [0.1, 0.15) is 45.4 Å². The molecular formula is C14H24N2O3. The molecule has 0 radical (unpaired) electrons. The molecular weight excluding hydrogens is 244 g/mol. The molecule has 0 saturated carbocycles. The zero-order valence-electron chi connectivity index (χ0n) is 11.6. The average Bonchev–Trinajstić information content (AvgIpc) is 2.79. The summed E-state index contributed by atoms with van der Waals surface area (Å²) in [5.74, 6) is -1.06. The molecule has 2 saturated heterocycles. The fourth-order valence-electron chi connectivity index (χ4n) is 3.23. The molecule has 5 heteroatoms. The molecule has 0 spiro atoms. The number of rotatable bonds is 4. The first-order valence-electron chi connectivity index (χ1n) is 7.35. The van der Waals surface area contributed by atoms with Crippen molar-refractivity contribution in [1.82, 2.24) is 10.2 Å². The number of piperidine rings is 1. The zero-order valence-corrected chi connectivity index (χ0v) is 11.6. The first-order chi connectivity index (χ1) is 9.09. The standard InChI is InChI=1S/C14H24N2O3/c1-10-12(14(18)19)7-9-16(10)13(17)6-5-11-4-2-3-8-15-11/h10-12,15H,2-9H2,1H3,(H,18,19). The maximum atomic E-state index is 12.2. The van der Waals surface area contributed by atoms with Gasteiger partial charge in [-0.15, -0.1) is 0 Å². The van der Waals surface area contributed by atoms with Crippen LogP contribution in [-0.2, 0) is 9.59 Å². The smallest absolute Gasteiger partial charge is 0.308 e. The largest absolute Gasteiger partial charge is 0.481 e. The number of nitrogens with one attached hydrogen (secondary N) is 1. The molecule has 3 unspecified atom stereocenters. The summed E-state index contributed by atoms with van der Waals surface area (Å²) >= 11 is 0. The zero-order chi connectivity index (χ0) is 13.8.